The zero-order chi connectivity index (χ0) is 10.9. The number of hydrogen-bond acceptors (Lipinski definition) is 2. The third-order valence-electron chi connectivity index (χ3n) is 3.45. The Balaban J connectivity index is 1.85. The third kappa shape index (κ3) is 2.16. The van der Waals surface area contributed by atoms with E-state index in [-0.39, 0.29) is 5.41 Å². The van der Waals surface area contributed by atoms with Gasteiger partial charge in [-0.15, -0.1) is 11.6 Å². The zero-order valence-corrected chi connectivity index (χ0v) is 9.96. The summed E-state index contributed by atoms with van der Waals surface area (Å²) >= 11 is 6.17. The van der Waals surface area contributed by atoms with Gasteiger partial charge >= 0.3 is 0 Å². The molecule has 0 aliphatic heterocycles. The lowest BCUT2D eigenvalue weighted by Crippen LogP contribution is -2.57. The minimum Gasteiger partial charge on any atom is -0.309 e. The summed E-state index contributed by atoms with van der Waals surface area (Å²) in [5, 5.41) is 3.86. The molecular weight excluding hydrogens is 208 g/mol. The minimum absolute atomic E-state index is 0.217. The van der Waals surface area contributed by atoms with Gasteiger partial charge in [0.05, 0.1) is 0 Å². The zero-order valence-electron chi connectivity index (χ0n) is 9.20. The molecule has 0 spiro atoms. The van der Waals surface area contributed by atoms with Gasteiger partial charge in [0.2, 0.25) is 0 Å². The second-order valence-corrected chi connectivity index (χ2v) is 5.34. The standard InChI is InChI=1S/C12H17ClN2/c1-12(2)10(13)7-11(12)15-8-9-3-5-14-6-4-9/h3-6,10-11,15H,7-8H2,1-2H3. The van der Waals surface area contributed by atoms with Crippen LogP contribution in [0.1, 0.15) is 25.8 Å². The van der Waals surface area contributed by atoms with E-state index in [1.54, 1.807) is 0 Å². The van der Waals surface area contributed by atoms with Crippen molar-refractivity contribution in [2.24, 2.45) is 5.41 Å². The van der Waals surface area contributed by atoms with Crippen LogP contribution in [0.4, 0.5) is 0 Å². The molecule has 1 aromatic heterocycles. The smallest absolute Gasteiger partial charge is 0.0416 e. The molecule has 1 heterocycles. The summed E-state index contributed by atoms with van der Waals surface area (Å²) in [7, 11) is 0. The van der Waals surface area contributed by atoms with Gasteiger partial charge in [-0.1, -0.05) is 13.8 Å². The largest absolute Gasteiger partial charge is 0.309 e. The molecule has 1 aliphatic rings. The minimum atomic E-state index is 0.217. The number of rotatable bonds is 3. The van der Waals surface area contributed by atoms with E-state index in [9.17, 15) is 0 Å². The van der Waals surface area contributed by atoms with Crippen LogP contribution in [0, 0.1) is 5.41 Å². The van der Waals surface area contributed by atoms with Gasteiger partial charge in [-0.2, -0.15) is 0 Å². The number of aromatic nitrogens is 1. The molecule has 2 unspecified atom stereocenters. The molecule has 2 rings (SSSR count). The summed E-state index contributed by atoms with van der Waals surface area (Å²) < 4.78 is 0. The van der Waals surface area contributed by atoms with Crippen molar-refractivity contribution in [3.05, 3.63) is 30.1 Å². The average Bonchev–Trinajstić information content (AvgIpc) is 2.25. The Morgan fingerprint density at radius 3 is 2.67 bits per heavy atom. The summed E-state index contributed by atoms with van der Waals surface area (Å²) in [5.41, 5.74) is 1.49. The Morgan fingerprint density at radius 2 is 2.13 bits per heavy atom. The molecule has 1 fully saturated rings. The normalized spacial score (nSPS) is 28.5. The monoisotopic (exact) mass is 224 g/mol. The van der Waals surface area contributed by atoms with E-state index in [1.807, 2.05) is 24.5 Å². The molecule has 3 heteroatoms. The first kappa shape index (κ1) is 10.9. The predicted octanol–water partition coefficient (Wildman–Crippen LogP) is 2.58. The van der Waals surface area contributed by atoms with E-state index in [2.05, 4.69) is 24.1 Å². The SMILES string of the molecule is CC1(C)C(Cl)CC1NCc1ccncc1. The van der Waals surface area contributed by atoms with Gasteiger partial charge in [-0.25, -0.2) is 0 Å². The Labute approximate surface area is 96.1 Å². The van der Waals surface area contributed by atoms with Crippen molar-refractivity contribution in [3.8, 4) is 0 Å². The van der Waals surface area contributed by atoms with Crippen LogP contribution in [0.25, 0.3) is 0 Å². The maximum atomic E-state index is 6.17. The number of hydrogen-bond donors (Lipinski definition) is 1. The lowest BCUT2D eigenvalue weighted by Gasteiger charge is -2.49. The van der Waals surface area contributed by atoms with Crippen LogP contribution in [-0.4, -0.2) is 16.4 Å². The Bertz CT molecular complexity index is 324. The molecule has 1 saturated carbocycles. The molecule has 0 bridgehead atoms. The van der Waals surface area contributed by atoms with E-state index in [1.165, 1.54) is 5.56 Å². The maximum absolute atomic E-state index is 6.17. The Kier molecular flexibility index (Phi) is 2.98. The highest BCUT2D eigenvalue weighted by Crippen LogP contribution is 2.44. The molecule has 1 N–H and O–H groups in total. The summed E-state index contributed by atoms with van der Waals surface area (Å²) in [6.07, 6.45) is 4.72. The lowest BCUT2D eigenvalue weighted by molar-refractivity contribution is 0.115. The van der Waals surface area contributed by atoms with E-state index in [0.717, 1.165) is 13.0 Å². The second kappa shape index (κ2) is 4.11. The van der Waals surface area contributed by atoms with Crippen LogP contribution in [0.2, 0.25) is 0 Å². The second-order valence-electron chi connectivity index (χ2n) is 4.81. The van der Waals surface area contributed by atoms with E-state index < -0.39 is 0 Å². The van der Waals surface area contributed by atoms with Gasteiger partial charge < -0.3 is 5.32 Å². The van der Waals surface area contributed by atoms with Gasteiger partial charge in [0.1, 0.15) is 0 Å². The van der Waals surface area contributed by atoms with Crippen LogP contribution in [-0.2, 0) is 6.54 Å². The first-order valence-corrected chi connectivity index (χ1v) is 5.80. The van der Waals surface area contributed by atoms with Crippen molar-refractivity contribution >= 4 is 11.6 Å². The average molecular weight is 225 g/mol. The number of nitrogens with zero attached hydrogens (tertiary/aromatic N) is 1. The molecule has 0 aromatic carbocycles. The van der Waals surface area contributed by atoms with Crippen LogP contribution in [0.15, 0.2) is 24.5 Å². The fourth-order valence-electron chi connectivity index (χ4n) is 1.96. The van der Waals surface area contributed by atoms with Crippen molar-refractivity contribution < 1.29 is 0 Å². The van der Waals surface area contributed by atoms with Gasteiger partial charge in [-0.05, 0) is 29.5 Å². The van der Waals surface area contributed by atoms with Gasteiger partial charge in [0.15, 0.2) is 0 Å². The van der Waals surface area contributed by atoms with E-state index in [0.29, 0.717) is 11.4 Å². The van der Waals surface area contributed by atoms with Gasteiger partial charge in [-0.3, -0.25) is 4.98 Å². The lowest BCUT2D eigenvalue weighted by atomic mass is 9.67. The summed E-state index contributed by atoms with van der Waals surface area (Å²) in [5.74, 6) is 0. The Morgan fingerprint density at radius 1 is 1.47 bits per heavy atom. The fourth-order valence-corrected chi connectivity index (χ4v) is 2.29. The quantitative estimate of drug-likeness (QED) is 0.799. The first-order valence-electron chi connectivity index (χ1n) is 5.37. The van der Waals surface area contributed by atoms with Gasteiger partial charge in [0.25, 0.3) is 0 Å². The third-order valence-corrected chi connectivity index (χ3v) is 4.19. The molecular formula is C12H17ClN2. The maximum Gasteiger partial charge on any atom is 0.0416 e. The molecule has 2 nitrogen and oxygen atoms in total. The van der Waals surface area contributed by atoms with Crippen LogP contribution in [0.3, 0.4) is 0 Å². The highest BCUT2D eigenvalue weighted by atomic mass is 35.5. The molecule has 1 aliphatic carbocycles. The molecule has 82 valence electrons. The molecule has 0 radical (unpaired) electrons. The summed E-state index contributed by atoms with van der Waals surface area (Å²) in [4.78, 5) is 4.00. The summed E-state index contributed by atoms with van der Waals surface area (Å²) in [6, 6.07) is 4.61. The number of halogens is 1. The number of pyridine rings is 1. The van der Waals surface area contributed by atoms with Crippen LogP contribution < -0.4 is 5.32 Å². The van der Waals surface area contributed by atoms with Crippen molar-refractivity contribution in [1.29, 1.82) is 0 Å². The van der Waals surface area contributed by atoms with Crippen molar-refractivity contribution in [2.75, 3.05) is 0 Å². The number of alkyl halides is 1. The fraction of sp³-hybridized carbons (Fsp3) is 0.583. The number of nitrogens with one attached hydrogen (secondary N) is 1. The topological polar surface area (TPSA) is 24.9 Å². The molecule has 15 heavy (non-hydrogen) atoms. The first-order chi connectivity index (χ1) is 7.10. The molecule has 0 amide bonds. The summed E-state index contributed by atoms with van der Waals surface area (Å²) in [6.45, 7) is 5.34. The highest BCUT2D eigenvalue weighted by Gasteiger charge is 2.46. The Hall–Kier alpha value is -0.600. The van der Waals surface area contributed by atoms with Crippen LogP contribution >= 0.6 is 11.6 Å². The van der Waals surface area contributed by atoms with Crippen LogP contribution in [0.5, 0.6) is 0 Å². The predicted molar refractivity (Wildman–Crippen MR) is 62.9 cm³/mol. The van der Waals surface area contributed by atoms with E-state index in [4.69, 9.17) is 11.6 Å². The van der Waals surface area contributed by atoms with Crippen molar-refractivity contribution in [3.63, 3.8) is 0 Å². The highest BCUT2D eigenvalue weighted by molar-refractivity contribution is 6.21. The molecule has 0 saturated heterocycles. The molecule has 1 aromatic rings. The van der Waals surface area contributed by atoms with Crippen molar-refractivity contribution in [1.82, 2.24) is 10.3 Å². The van der Waals surface area contributed by atoms with Crippen molar-refractivity contribution in [2.45, 2.75) is 38.2 Å². The molecule has 2 atom stereocenters. The van der Waals surface area contributed by atoms with E-state index >= 15 is 0 Å². The van der Waals surface area contributed by atoms with Gasteiger partial charge in [0, 0.05) is 30.4 Å².